The molecule has 1 aliphatic rings. The lowest BCUT2D eigenvalue weighted by molar-refractivity contribution is 0.00578. The summed E-state index contributed by atoms with van der Waals surface area (Å²) in [7, 11) is -0.806. The first-order valence-electron chi connectivity index (χ1n) is 8.71. The number of halogens is 1. The van der Waals surface area contributed by atoms with Gasteiger partial charge in [0.15, 0.2) is 0 Å². The lowest BCUT2D eigenvalue weighted by Gasteiger charge is -2.32. The van der Waals surface area contributed by atoms with Gasteiger partial charge in [-0.1, -0.05) is 6.07 Å². The molecule has 3 rings (SSSR count). The fourth-order valence-corrected chi connectivity index (χ4v) is 2.86. The smallest absolute Gasteiger partial charge is 0.443 e. The number of carbonyl (C=O) groups excluding carboxylic acids is 1. The van der Waals surface area contributed by atoms with Crippen LogP contribution in [0.5, 0.6) is 0 Å². The van der Waals surface area contributed by atoms with E-state index in [0.717, 1.165) is 0 Å². The number of fused-ring (bicyclic) bond motifs is 1. The maximum atomic E-state index is 14.3. The van der Waals surface area contributed by atoms with Crippen LogP contribution in [0.2, 0.25) is 0 Å². The van der Waals surface area contributed by atoms with Crippen molar-refractivity contribution in [3.05, 3.63) is 30.1 Å². The standard InChI is InChI=1S/C19H25BFNO4/c1-17(2,3)24-16(23)22-14-10-8-9-13(21)12(14)11-15(22)20-25-18(4,5)19(6,7)26-20/h8-11H,1-7H3. The molecule has 1 fully saturated rings. The minimum atomic E-state index is -0.806. The average Bonchev–Trinajstić information content (AvgIpc) is 2.93. The molecular weight excluding hydrogens is 336 g/mol. The van der Waals surface area contributed by atoms with E-state index in [1.54, 1.807) is 39.0 Å². The number of carbonyl (C=O) groups is 1. The molecule has 140 valence electrons. The Morgan fingerprint density at radius 2 is 1.73 bits per heavy atom. The Labute approximate surface area is 153 Å². The fourth-order valence-electron chi connectivity index (χ4n) is 2.86. The van der Waals surface area contributed by atoms with E-state index in [1.165, 1.54) is 10.6 Å². The summed E-state index contributed by atoms with van der Waals surface area (Å²) in [6, 6.07) is 6.19. The molecule has 2 aromatic rings. The molecule has 5 nitrogen and oxygen atoms in total. The number of aromatic nitrogens is 1. The lowest BCUT2D eigenvalue weighted by atomic mass is 9.84. The molecule has 0 bridgehead atoms. The van der Waals surface area contributed by atoms with Crippen LogP contribution in [0.4, 0.5) is 9.18 Å². The Kier molecular flexibility index (Phi) is 4.24. The molecule has 7 heteroatoms. The summed E-state index contributed by atoms with van der Waals surface area (Å²) < 4.78 is 33.3. The van der Waals surface area contributed by atoms with E-state index in [0.29, 0.717) is 16.5 Å². The van der Waals surface area contributed by atoms with E-state index in [1.807, 2.05) is 27.7 Å². The van der Waals surface area contributed by atoms with E-state index >= 15 is 0 Å². The second-order valence-electron chi connectivity index (χ2n) is 8.65. The highest BCUT2D eigenvalue weighted by molar-refractivity contribution is 6.62. The molecule has 0 aliphatic carbocycles. The minimum absolute atomic E-state index is 0.322. The molecule has 0 amide bonds. The van der Waals surface area contributed by atoms with Crippen molar-refractivity contribution in [1.82, 2.24) is 4.57 Å². The van der Waals surface area contributed by atoms with Gasteiger partial charge in [-0.05, 0) is 66.7 Å². The van der Waals surface area contributed by atoms with Crippen LogP contribution in [0, 0.1) is 5.82 Å². The van der Waals surface area contributed by atoms with Crippen molar-refractivity contribution < 1.29 is 23.2 Å². The summed E-state index contributed by atoms with van der Waals surface area (Å²) in [5.74, 6) is -0.414. The van der Waals surface area contributed by atoms with E-state index in [2.05, 4.69) is 0 Å². The first kappa shape index (κ1) is 18.9. The van der Waals surface area contributed by atoms with Gasteiger partial charge >= 0.3 is 13.2 Å². The van der Waals surface area contributed by atoms with Crippen LogP contribution in [0.1, 0.15) is 48.5 Å². The highest BCUT2D eigenvalue weighted by Gasteiger charge is 2.53. The van der Waals surface area contributed by atoms with Crippen LogP contribution in [0.25, 0.3) is 10.9 Å². The first-order chi connectivity index (χ1) is 11.8. The molecule has 0 N–H and O–H groups in total. The van der Waals surface area contributed by atoms with Gasteiger partial charge in [-0.3, -0.25) is 4.57 Å². The Balaban J connectivity index is 2.15. The molecule has 0 saturated carbocycles. The van der Waals surface area contributed by atoms with Gasteiger partial charge < -0.3 is 14.0 Å². The van der Waals surface area contributed by atoms with Crippen LogP contribution in [-0.2, 0) is 14.0 Å². The molecular formula is C19H25BFNO4. The van der Waals surface area contributed by atoms with Gasteiger partial charge in [0.1, 0.15) is 11.4 Å². The molecule has 0 unspecified atom stereocenters. The minimum Gasteiger partial charge on any atom is -0.443 e. The van der Waals surface area contributed by atoms with Gasteiger partial charge in [-0.25, -0.2) is 9.18 Å². The predicted molar refractivity (Wildman–Crippen MR) is 99.2 cm³/mol. The third-order valence-corrected chi connectivity index (χ3v) is 4.89. The van der Waals surface area contributed by atoms with Gasteiger partial charge in [-0.2, -0.15) is 0 Å². The molecule has 0 radical (unpaired) electrons. The quantitative estimate of drug-likeness (QED) is 0.724. The van der Waals surface area contributed by atoms with Crippen molar-refractivity contribution in [1.29, 1.82) is 0 Å². The van der Waals surface area contributed by atoms with E-state index in [-0.39, 0.29) is 0 Å². The van der Waals surface area contributed by atoms with Crippen molar-refractivity contribution in [3.63, 3.8) is 0 Å². The van der Waals surface area contributed by atoms with Crippen LogP contribution in [-0.4, -0.2) is 34.6 Å². The Hall–Kier alpha value is -1.86. The van der Waals surface area contributed by atoms with Gasteiger partial charge in [0.05, 0.1) is 22.3 Å². The zero-order chi connectivity index (χ0) is 19.5. The van der Waals surface area contributed by atoms with Crippen molar-refractivity contribution in [3.8, 4) is 0 Å². The first-order valence-corrected chi connectivity index (χ1v) is 8.71. The highest BCUT2D eigenvalue weighted by atomic mass is 19.1. The largest absolute Gasteiger partial charge is 0.513 e. The zero-order valence-corrected chi connectivity index (χ0v) is 16.3. The summed E-state index contributed by atoms with van der Waals surface area (Å²) in [5, 5.41) is 0.322. The topological polar surface area (TPSA) is 49.7 Å². The average molecular weight is 361 g/mol. The van der Waals surface area contributed by atoms with Crippen LogP contribution in [0.15, 0.2) is 24.3 Å². The van der Waals surface area contributed by atoms with E-state index < -0.39 is 35.8 Å². The molecule has 2 heterocycles. The fraction of sp³-hybridized carbons (Fsp3) is 0.526. The number of nitrogens with zero attached hydrogens (tertiary/aromatic N) is 1. The van der Waals surface area contributed by atoms with Crippen LogP contribution < -0.4 is 5.59 Å². The Morgan fingerprint density at radius 1 is 1.15 bits per heavy atom. The lowest BCUT2D eigenvalue weighted by Crippen LogP contribution is -2.43. The number of hydrogen-bond donors (Lipinski definition) is 0. The molecule has 1 aromatic carbocycles. The van der Waals surface area contributed by atoms with Crippen molar-refractivity contribution in [2.24, 2.45) is 0 Å². The molecule has 0 atom stereocenters. The third-order valence-electron chi connectivity index (χ3n) is 4.89. The summed E-state index contributed by atoms with van der Waals surface area (Å²) >= 11 is 0. The summed E-state index contributed by atoms with van der Waals surface area (Å²) in [4.78, 5) is 12.9. The number of ether oxygens (including phenoxy) is 1. The molecule has 1 saturated heterocycles. The zero-order valence-electron chi connectivity index (χ0n) is 16.3. The van der Waals surface area contributed by atoms with Gasteiger partial charge in [0.2, 0.25) is 0 Å². The van der Waals surface area contributed by atoms with Crippen molar-refractivity contribution in [2.75, 3.05) is 0 Å². The van der Waals surface area contributed by atoms with Gasteiger partial charge in [0, 0.05) is 5.39 Å². The second-order valence-corrected chi connectivity index (χ2v) is 8.65. The van der Waals surface area contributed by atoms with Crippen molar-refractivity contribution in [2.45, 2.75) is 65.3 Å². The highest BCUT2D eigenvalue weighted by Crippen LogP contribution is 2.37. The number of hydrogen-bond acceptors (Lipinski definition) is 4. The number of rotatable bonds is 1. The monoisotopic (exact) mass is 361 g/mol. The molecule has 0 spiro atoms. The molecule has 26 heavy (non-hydrogen) atoms. The van der Waals surface area contributed by atoms with Gasteiger partial charge in [0.25, 0.3) is 0 Å². The van der Waals surface area contributed by atoms with E-state index in [4.69, 9.17) is 14.0 Å². The predicted octanol–water partition coefficient (Wildman–Crippen LogP) is 3.86. The number of benzene rings is 1. The Morgan fingerprint density at radius 3 is 2.27 bits per heavy atom. The maximum Gasteiger partial charge on any atom is 0.513 e. The summed E-state index contributed by atoms with van der Waals surface area (Å²) in [6.07, 6.45) is -0.595. The molecule has 1 aliphatic heterocycles. The van der Waals surface area contributed by atoms with Gasteiger partial charge in [-0.15, -0.1) is 0 Å². The second kappa shape index (κ2) is 5.82. The van der Waals surface area contributed by atoms with E-state index in [9.17, 15) is 9.18 Å². The summed E-state index contributed by atoms with van der Waals surface area (Å²) in [5.41, 5.74) is -1.01. The van der Waals surface area contributed by atoms with Crippen LogP contribution >= 0.6 is 0 Å². The van der Waals surface area contributed by atoms with Crippen molar-refractivity contribution >= 4 is 29.7 Å². The Bertz CT molecular complexity index is 850. The maximum absolute atomic E-state index is 14.3. The SMILES string of the molecule is CC(C)(C)OC(=O)n1c(B2OC(C)(C)C(C)(C)O2)cc2c(F)cccc21. The normalized spacial score (nSPS) is 19.2. The summed E-state index contributed by atoms with van der Waals surface area (Å²) in [6.45, 7) is 13.0. The third kappa shape index (κ3) is 3.14. The van der Waals surface area contributed by atoms with Crippen LogP contribution in [0.3, 0.4) is 0 Å². The molecule has 1 aromatic heterocycles.